The summed E-state index contributed by atoms with van der Waals surface area (Å²) in [6.07, 6.45) is 5.75. The van der Waals surface area contributed by atoms with Crippen molar-refractivity contribution in [3.63, 3.8) is 0 Å². The standard InChI is InChI=1S/C16H18FN3O.ClH/c17-13-6-11(10-3-4-10)7-14-15(13)16(21)20(9-19-14)12-2-1-5-18-8-12;/h6-7,9-10,12,18H,1-5,8H2;1H. The Bertz CT molecular complexity index is 751. The molecule has 0 bridgehead atoms. The number of hydrogen-bond donors (Lipinski definition) is 1. The summed E-state index contributed by atoms with van der Waals surface area (Å²) >= 11 is 0. The Hall–Kier alpha value is -1.46. The molecule has 4 rings (SSSR count). The second-order valence-electron chi connectivity index (χ2n) is 6.13. The van der Waals surface area contributed by atoms with E-state index >= 15 is 0 Å². The molecule has 1 saturated heterocycles. The van der Waals surface area contributed by atoms with Crippen LogP contribution in [0.25, 0.3) is 10.9 Å². The zero-order valence-corrected chi connectivity index (χ0v) is 13.0. The minimum absolute atomic E-state index is 0. The van der Waals surface area contributed by atoms with Crippen LogP contribution in [0.3, 0.4) is 0 Å². The van der Waals surface area contributed by atoms with Crippen molar-refractivity contribution in [2.45, 2.75) is 37.6 Å². The minimum atomic E-state index is -0.426. The molecular weight excluding hydrogens is 305 g/mol. The summed E-state index contributed by atoms with van der Waals surface area (Å²) in [5.41, 5.74) is 1.21. The van der Waals surface area contributed by atoms with Crippen molar-refractivity contribution in [2.75, 3.05) is 13.1 Å². The molecule has 1 aliphatic carbocycles. The third kappa shape index (κ3) is 2.63. The van der Waals surface area contributed by atoms with Crippen LogP contribution in [0, 0.1) is 5.82 Å². The third-order valence-electron chi connectivity index (χ3n) is 4.57. The fourth-order valence-corrected chi connectivity index (χ4v) is 3.22. The Morgan fingerprint density at radius 3 is 2.77 bits per heavy atom. The van der Waals surface area contributed by atoms with Crippen molar-refractivity contribution in [2.24, 2.45) is 0 Å². The molecule has 118 valence electrons. The number of aromatic nitrogens is 2. The number of benzene rings is 1. The predicted octanol–water partition coefficient (Wildman–Crippen LogP) is 2.76. The first kappa shape index (κ1) is 15.4. The molecule has 1 aromatic carbocycles. The largest absolute Gasteiger partial charge is 0.315 e. The number of rotatable bonds is 2. The van der Waals surface area contributed by atoms with Crippen molar-refractivity contribution in [1.29, 1.82) is 0 Å². The molecule has 0 radical (unpaired) electrons. The lowest BCUT2D eigenvalue weighted by molar-refractivity contribution is 0.362. The molecule has 0 amide bonds. The number of piperidine rings is 1. The molecule has 6 heteroatoms. The van der Waals surface area contributed by atoms with Gasteiger partial charge in [0, 0.05) is 6.54 Å². The molecule has 0 spiro atoms. The van der Waals surface area contributed by atoms with Gasteiger partial charge in [-0.3, -0.25) is 9.36 Å². The first-order chi connectivity index (χ1) is 10.2. The molecule has 4 nitrogen and oxygen atoms in total. The predicted molar refractivity (Wildman–Crippen MR) is 86.3 cm³/mol. The van der Waals surface area contributed by atoms with Gasteiger partial charge in [-0.15, -0.1) is 12.4 Å². The zero-order chi connectivity index (χ0) is 14.4. The molecule has 1 atom stereocenters. The highest BCUT2D eigenvalue weighted by Crippen LogP contribution is 2.41. The first-order valence-electron chi connectivity index (χ1n) is 7.65. The zero-order valence-electron chi connectivity index (χ0n) is 12.2. The fourth-order valence-electron chi connectivity index (χ4n) is 3.22. The third-order valence-corrected chi connectivity index (χ3v) is 4.57. The van der Waals surface area contributed by atoms with Crippen molar-refractivity contribution in [3.05, 3.63) is 40.2 Å². The second-order valence-corrected chi connectivity index (χ2v) is 6.13. The summed E-state index contributed by atoms with van der Waals surface area (Å²) in [6.45, 7) is 1.72. The average molecular weight is 324 g/mol. The Kier molecular flexibility index (Phi) is 4.19. The molecule has 1 N–H and O–H groups in total. The van der Waals surface area contributed by atoms with Gasteiger partial charge in [0.05, 0.1) is 17.9 Å². The number of halogens is 2. The second kappa shape index (κ2) is 5.97. The maximum atomic E-state index is 14.4. The highest BCUT2D eigenvalue weighted by Gasteiger charge is 2.26. The van der Waals surface area contributed by atoms with E-state index in [9.17, 15) is 9.18 Å². The minimum Gasteiger partial charge on any atom is -0.315 e. The molecule has 2 aromatic rings. The van der Waals surface area contributed by atoms with Crippen molar-refractivity contribution in [1.82, 2.24) is 14.9 Å². The van der Waals surface area contributed by atoms with E-state index in [0.717, 1.165) is 44.3 Å². The summed E-state index contributed by atoms with van der Waals surface area (Å²) in [5, 5.41) is 3.41. The van der Waals surface area contributed by atoms with E-state index in [1.54, 1.807) is 10.9 Å². The molecule has 2 aliphatic rings. The highest BCUT2D eigenvalue weighted by atomic mass is 35.5. The van der Waals surface area contributed by atoms with Crippen LogP contribution in [-0.4, -0.2) is 22.6 Å². The maximum absolute atomic E-state index is 14.4. The van der Waals surface area contributed by atoms with E-state index < -0.39 is 5.82 Å². The number of hydrogen-bond acceptors (Lipinski definition) is 3. The maximum Gasteiger partial charge on any atom is 0.264 e. The van der Waals surface area contributed by atoms with Crippen LogP contribution >= 0.6 is 12.4 Å². The topological polar surface area (TPSA) is 46.9 Å². The quantitative estimate of drug-likeness (QED) is 0.924. The Balaban J connectivity index is 0.00000144. The lowest BCUT2D eigenvalue weighted by Gasteiger charge is -2.24. The van der Waals surface area contributed by atoms with Gasteiger partial charge in [0.25, 0.3) is 5.56 Å². The smallest absolute Gasteiger partial charge is 0.264 e. The number of nitrogens with one attached hydrogen (secondary N) is 1. The summed E-state index contributed by atoms with van der Waals surface area (Å²) in [4.78, 5) is 16.9. The first-order valence-corrected chi connectivity index (χ1v) is 7.65. The fraction of sp³-hybridized carbons (Fsp3) is 0.500. The van der Waals surface area contributed by atoms with Crippen LogP contribution in [0.15, 0.2) is 23.3 Å². The molecule has 1 unspecified atom stereocenters. The Labute approximate surface area is 134 Å². The van der Waals surface area contributed by atoms with Crippen molar-refractivity contribution >= 4 is 23.3 Å². The van der Waals surface area contributed by atoms with E-state index in [1.807, 2.05) is 6.07 Å². The van der Waals surface area contributed by atoms with Gasteiger partial charge in [-0.2, -0.15) is 0 Å². The van der Waals surface area contributed by atoms with Crippen LogP contribution in [0.5, 0.6) is 0 Å². The Morgan fingerprint density at radius 2 is 2.09 bits per heavy atom. The van der Waals surface area contributed by atoms with Crippen LogP contribution in [0.1, 0.15) is 43.2 Å². The molecule has 2 heterocycles. The van der Waals surface area contributed by atoms with E-state index in [2.05, 4.69) is 10.3 Å². The van der Waals surface area contributed by atoms with Gasteiger partial charge >= 0.3 is 0 Å². The normalized spacial score (nSPS) is 21.6. The molecule has 2 fully saturated rings. The van der Waals surface area contributed by atoms with Crippen LogP contribution in [-0.2, 0) is 0 Å². The van der Waals surface area contributed by atoms with Crippen LogP contribution in [0.4, 0.5) is 4.39 Å². The summed E-state index contributed by atoms with van der Waals surface area (Å²) in [7, 11) is 0. The molecule has 22 heavy (non-hydrogen) atoms. The number of fused-ring (bicyclic) bond motifs is 1. The Morgan fingerprint density at radius 1 is 1.27 bits per heavy atom. The van der Waals surface area contributed by atoms with Gasteiger partial charge in [0.1, 0.15) is 11.2 Å². The van der Waals surface area contributed by atoms with Crippen molar-refractivity contribution < 1.29 is 4.39 Å². The molecule has 1 aromatic heterocycles. The average Bonchev–Trinajstić information content (AvgIpc) is 3.32. The van der Waals surface area contributed by atoms with E-state index in [1.165, 1.54) is 6.07 Å². The van der Waals surface area contributed by atoms with Gasteiger partial charge in [-0.05, 0) is 55.8 Å². The van der Waals surface area contributed by atoms with Gasteiger partial charge in [-0.25, -0.2) is 9.37 Å². The lowest BCUT2D eigenvalue weighted by atomic mass is 10.1. The monoisotopic (exact) mass is 323 g/mol. The molecule has 1 aliphatic heterocycles. The van der Waals surface area contributed by atoms with Gasteiger partial charge in [0.2, 0.25) is 0 Å². The summed E-state index contributed by atoms with van der Waals surface area (Å²) in [6, 6.07) is 3.47. The van der Waals surface area contributed by atoms with Gasteiger partial charge in [0.15, 0.2) is 0 Å². The van der Waals surface area contributed by atoms with Crippen LogP contribution in [0.2, 0.25) is 0 Å². The van der Waals surface area contributed by atoms with E-state index in [4.69, 9.17) is 0 Å². The lowest BCUT2D eigenvalue weighted by Crippen LogP contribution is -2.36. The van der Waals surface area contributed by atoms with E-state index in [0.29, 0.717) is 11.4 Å². The number of nitrogens with zero attached hydrogens (tertiary/aromatic N) is 2. The van der Waals surface area contributed by atoms with E-state index in [-0.39, 0.29) is 29.4 Å². The van der Waals surface area contributed by atoms with Gasteiger partial charge in [-0.1, -0.05) is 0 Å². The molecular formula is C16H19ClFN3O. The van der Waals surface area contributed by atoms with Crippen molar-refractivity contribution in [3.8, 4) is 0 Å². The SMILES string of the molecule is Cl.O=c1c2c(F)cc(C3CC3)cc2ncn1C1CCCNC1. The van der Waals surface area contributed by atoms with Gasteiger partial charge < -0.3 is 5.32 Å². The molecule has 1 saturated carbocycles. The summed E-state index contributed by atoms with van der Waals surface area (Å²) in [5.74, 6) is 0.0284. The highest BCUT2D eigenvalue weighted by molar-refractivity contribution is 5.85. The summed E-state index contributed by atoms with van der Waals surface area (Å²) < 4.78 is 16.0. The van der Waals surface area contributed by atoms with Crippen LogP contribution < -0.4 is 10.9 Å².